The number of rotatable bonds is 2. The van der Waals surface area contributed by atoms with E-state index in [1.54, 1.807) is 0 Å². The summed E-state index contributed by atoms with van der Waals surface area (Å²) in [6, 6.07) is 0. The lowest BCUT2D eigenvalue weighted by Crippen LogP contribution is -2.09. The molecular weight excluding hydrogens is 212 g/mol. The summed E-state index contributed by atoms with van der Waals surface area (Å²) < 4.78 is 5.32. The van der Waals surface area contributed by atoms with Crippen molar-refractivity contribution in [3.63, 3.8) is 0 Å². The third-order valence-corrected chi connectivity index (χ3v) is 3.24. The van der Waals surface area contributed by atoms with Crippen molar-refractivity contribution in [1.29, 1.82) is 0 Å². The Morgan fingerprint density at radius 1 is 1.40 bits per heavy atom. The maximum atomic E-state index is 6.02. The quantitative estimate of drug-likeness (QED) is 0.726. The zero-order chi connectivity index (χ0) is 10.8. The molecule has 3 nitrogen and oxygen atoms in total. The molecule has 1 aliphatic rings. The van der Waals surface area contributed by atoms with E-state index in [1.165, 1.54) is 0 Å². The monoisotopic (exact) mass is 226 g/mol. The minimum atomic E-state index is 0.558. The van der Waals surface area contributed by atoms with Gasteiger partial charge in [0.15, 0.2) is 0 Å². The average molecular weight is 227 g/mol. The van der Waals surface area contributed by atoms with Crippen molar-refractivity contribution in [3.8, 4) is 0 Å². The van der Waals surface area contributed by atoms with Gasteiger partial charge in [-0.15, -0.1) is 0 Å². The highest BCUT2D eigenvalue weighted by Crippen LogP contribution is 2.19. The normalized spacial score (nSPS) is 20.9. The van der Waals surface area contributed by atoms with Gasteiger partial charge in [-0.3, -0.25) is 0 Å². The summed E-state index contributed by atoms with van der Waals surface area (Å²) in [5.74, 6) is 1.40. The summed E-state index contributed by atoms with van der Waals surface area (Å²) in [4.78, 5) is 8.74. The molecule has 82 valence electrons. The smallest absolute Gasteiger partial charge is 0.135 e. The number of aromatic nitrogens is 2. The molecule has 0 amide bonds. The Morgan fingerprint density at radius 2 is 2.20 bits per heavy atom. The zero-order valence-corrected chi connectivity index (χ0v) is 9.84. The molecule has 2 rings (SSSR count). The van der Waals surface area contributed by atoms with Gasteiger partial charge in [0.1, 0.15) is 11.0 Å². The standard InChI is InChI=1S/C11H15ClN2O/c1-7-8(2)13-10(14-11(7)12)5-9-3-4-15-6-9/h9H,3-6H2,1-2H3. The second-order valence-electron chi connectivity index (χ2n) is 4.07. The Kier molecular flexibility index (Phi) is 3.22. The van der Waals surface area contributed by atoms with Crippen molar-refractivity contribution in [2.45, 2.75) is 26.7 Å². The fourth-order valence-corrected chi connectivity index (χ4v) is 1.98. The van der Waals surface area contributed by atoms with Crippen LogP contribution in [0.5, 0.6) is 0 Å². The summed E-state index contributed by atoms with van der Waals surface area (Å²) in [6.07, 6.45) is 1.98. The molecular formula is C11H15ClN2O. The summed E-state index contributed by atoms with van der Waals surface area (Å²) in [5, 5.41) is 0.580. The first kappa shape index (κ1) is 10.8. The Morgan fingerprint density at radius 3 is 2.80 bits per heavy atom. The first-order valence-corrected chi connectivity index (χ1v) is 5.62. The van der Waals surface area contributed by atoms with Crippen LogP contribution in [0, 0.1) is 19.8 Å². The average Bonchev–Trinajstić information content (AvgIpc) is 2.66. The largest absolute Gasteiger partial charge is 0.381 e. The van der Waals surface area contributed by atoms with Crippen LogP contribution in [0.15, 0.2) is 0 Å². The summed E-state index contributed by atoms with van der Waals surface area (Å²) in [7, 11) is 0. The molecule has 2 heterocycles. The van der Waals surface area contributed by atoms with E-state index >= 15 is 0 Å². The third-order valence-electron chi connectivity index (χ3n) is 2.87. The molecule has 0 N–H and O–H groups in total. The van der Waals surface area contributed by atoms with Crippen LogP contribution >= 0.6 is 11.6 Å². The number of ether oxygens (including phenoxy) is 1. The zero-order valence-electron chi connectivity index (χ0n) is 9.09. The van der Waals surface area contributed by atoms with Crippen LogP contribution in [0.3, 0.4) is 0 Å². The molecule has 0 saturated carbocycles. The van der Waals surface area contributed by atoms with Gasteiger partial charge in [-0.1, -0.05) is 11.6 Å². The minimum Gasteiger partial charge on any atom is -0.381 e. The van der Waals surface area contributed by atoms with E-state index in [1.807, 2.05) is 13.8 Å². The number of hydrogen-bond acceptors (Lipinski definition) is 3. The predicted molar refractivity (Wildman–Crippen MR) is 59.1 cm³/mol. The first-order valence-electron chi connectivity index (χ1n) is 5.24. The predicted octanol–water partition coefficient (Wildman–Crippen LogP) is 2.33. The Balaban J connectivity index is 2.14. The fraction of sp³-hybridized carbons (Fsp3) is 0.636. The Labute approximate surface area is 94.8 Å². The lowest BCUT2D eigenvalue weighted by molar-refractivity contribution is 0.185. The van der Waals surface area contributed by atoms with Crippen LogP contribution in [0.25, 0.3) is 0 Å². The second kappa shape index (κ2) is 4.45. The molecule has 0 radical (unpaired) electrons. The van der Waals surface area contributed by atoms with Gasteiger partial charge in [0, 0.05) is 30.9 Å². The molecule has 1 fully saturated rings. The van der Waals surface area contributed by atoms with Gasteiger partial charge in [0.2, 0.25) is 0 Å². The molecule has 0 aromatic carbocycles. The second-order valence-corrected chi connectivity index (χ2v) is 4.43. The number of halogens is 1. The van der Waals surface area contributed by atoms with Crippen LogP contribution in [0.2, 0.25) is 5.15 Å². The van der Waals surface area contributed by atoms with Crippen LogP contribution in [0.1, 0.15) is 23.5 Å². The topological polar surface area (TPSA) is 35.0 Å². The van der Waals surface area contributed by atoms with E-state index in [9.17, 15) is 0 Å². The first-order chi connectivity index (χ1) is 7.16. The SMILES string of the molecule is Cc1nc(CC2CCOC2)nc(Cl)c1C. The summed E-state index contributed by atoms with van der Waals surface area (Å²) >= 11 is 6.02. The molecule has 1 saturated heterocycles. The van der Waals surface area contributed by atoms with Crippen LogP contribution in [-0.4, -0.2) is 23.2 Å². The number of nitrogens with zero attached hydrogens (tertiary/aromatic N) is 2. The van der Waals surface area contributed by atoms with Gasteiger partial charge < -0.3 is 4.74 Å². The molecule has 1 aromatic rings. The molecule has 1 aromatic heterocycles. The van der Waals surface area contributed by atoms with Gasteiger partial charge in [0.05, 0.1) is 0 Å². The summed E-state index contributed by atoms with van der Waals surface area (Å²) in [6.45, 7) is 5.61. The molecule has 1 aliphatic heterocycles. The van der Waals surface area contributed by atoms with E-state index in [4.69, 9.17) is 16.3 Å². The highest BCUT2D eigenvalue weighted by atomic mass is 35.5. The van der Waals surface area contributed by atoms with E-state index in [2.05, 4.69) is 9.97 Å². The third kappa shape index (κ3) is 2.47. The van der Waals surface area contributed by atoms with E-state index in [-0.39, 0.29) is 0 Å². The highest BCUT2D eigenvalue weighted by molar-refractivity contribution is 6.30. The molecule has 15 heavy (non-hydrogen) atoms. The minimum absolute atomic E-state index is 0.558. The highest BCUT2D eigenvalue weighted by Gasteiger charge is 2.18. The molecule has 1 unspecified atom stereocenters. The fourth-order valence-electron chi connectivity index (χ4n) is 1.74. The van der Waals surface area contributed by atoms with Crippen molar-refractivity contribution in [2.75, 3.05) is 13.2 Å². The number of aryl methyl sites for hydroxylation is 1. The van der Waals surface area contributed by atoms with Crippen molar-refractivity contribution in [1.82, 2.24) is 9.97 Å². The molecule has 0 bridgehead atoms. The molecule has 0 spiro atoms. The van der Waals surface area contributed by atoms with E-state index in [0.29, 0.717) is 11.1 Å². The Hall–Kier alpha value is -0.670. The number of hydrogen-bond donors (Lipinski definition) is 0. The van der Waals surface area contributed by atoms with Gasteiger partial charge in [-0.25, -0.2) is 9.97 Å². The van der Waals surface area contributed by atoms with Gasteiger partial charge in [-0.05, 0) is 26.2 Å². The molecule has 0 aliphatic carbocycles. The Bertz CT molecular complexity index is 339. The maximum Gasteiger partial charge on any atom is 0.135 e. The van der Waals surface area contributed by atoms with E-state index < -0.39 is 0 Å². The molecule has 1 atom stereocenters. The van der Waals surface area contributed by atoms with E-state index in [0.717, 1.165) is 43.1 Å². The lowest BCUT2D eigenvalue weighted by Gasteiger charge is -2.08. The maximum absolute atomic E-state index is 6.02. The van der Waals surface area contributed by atoms with Gasteiger partial charge in [0.25, 0.3) is 0 Å². The van der Waals surface area contributed by atoms with Gasteiger partial charge >= 0.3 is 0 Å². The van der Waals surface area contributed by atoms with Crippen LogP contribution in [-0.2, 0) is 11.2 Å². The lowest BCUT2D eigenvalue weighted by atomic mass is 10.0. The van der Waals surface area contributed by atoms with Gasteiger partial charge in [-0.2, -0.15) is 0 Å². The van der Waals surface area contributed by atoms with Crippen molar-refractivity contribution in [3.05, 3.63) is 22.2 Å². The van der Waals surface area contributed by atoms with Crippen molar-refractivity contribution < 1.29 is 4.74 Å². The summed E-state index contributed by atoms with van der Waals surface area (Å²) in [5.41, 5.74) is 1.95. The van der Waals surface area contributed by atoms with Crippen LogP contribution in [0.4, 0.5) is 0 Å². The molecule has 4 heteroatoms. The van der Waals surface area contributed by atoms with Crippen molar-refractivity contribution >= 4 is 11.6 Å². The van der Waals surface area contributed by atoms with Crippen molar-refractivity contribution in [2.24, 2.45) is 5.92 Å². The van der Waals surface area contributed by atoms with Crippen LogP contribution < -0.4 is 0 Å².